The number of unbranched alkanes of at least 4 members (excludes halogenated alkanes) is 11. The van der Waals surface area contributed by atoms with Gasteiger partial charge in [0.1, 0.15) is 0 Å². The molecule has 0 saturated carbocycles. The molecule has 0 aromatic heterocycles. The Morgan fingerprint density at radius 1 is 0.536 bits per heavy atom. The molecule has 0 spiro atoms. The van der Waals surface area contributed by atoms with Gasteiger partial charge in [0.25, 0.3) is 0 Å². The van der Waals surface area contributed by atoms with Gasteiger partial charge in [-0.25, -0.2) is 0 Å². The van der Waals surface area contributed by atoms with Gasteiger partial charge in [-0.15, -0.1) is 48.0 Å². The Bertz CT molecular complexity index is 380. The molecule has 0 amide bonds. The van der Waals surface area contributed by atoms with E-state index in [1.165, 1.54) is 77.0 Å². The summed E-state index contributed by atoms with van der Waals surface area (Å²) in [5, 5.41) is 13.2. The van der Waals surface area contributed by atoms with Crippen LogP contribution in [0.3, 0.4) is 0 Å². The molecule has 6 nitrogen and oxygen atoms in total. The zero-order valence-electron chi connectivity index (χ0n) is 17.4. The number of aliphatic imine (C=N–C) groups is 2. The van der Waals surface area contributed by atoms with E-state index in [1.807, 2.05) is 0 Å². The first-order chi connectivity index (χ1) is 12.9. The van der Waals surface area contributed by atoms with Crippen LogP contribution in [0.5, 0.6) is 0 Å². The lowest BCUT2D eigenvalue weighted by molar-refractivity contribution is 0.538. The number of nitrogens with zero attached hydrogens (tertiary/aromatic N) is 2. The molecule has 2 rings (SSSR count). The summed E-state index contributed by atoms with van der Waals surface area (Å²) >= 11 is 0. The second-order valence-corrected chi connectivity index (χ2v) is 7.41. The summed E-state index contributed by atoms with van der Waals surface area (Å²) in [4.78, 5) is 8.68. The summed E-state index contributed by atoms with van der Waals surface area (Å²) in [6.07, 6.45) is 16.5. The van der Waals surface area contributed by atoms with Crippen LogP contribution in [-0.2, 0) is 0 Å². The van der Waals surface area contributed by atoms with Crippen LogP contribution in [0.25, 0.3) is 0 Å². The fraction of sp³-hybridized carbons (Fsp3) is 0.900. The Hall–Kier alpha value is 0. The van der Waals surface area contributed by atoms with Gasteiger partial charge in [0.2, 0.25) is 0 Å². The van der Waals surface area contributed by atoms with Gasteiger partial charge < -0.3 is 21.3 Å². The standard InChI is InChI=1S/C20H40N6.2HI/c1(3-5-7-9-11-13-21-19-23-15-16-24-19)2-4-6-8-10-12-14-22-20-25-17-18-26-20;;/h1-18H2,(H2,21,23,24)(H2,22,25,26);2*1H. The first-order valence-electron chi connectivity index (χ1n) is 11.0. The molecule has 0 bridgehead atoms. The zero-order chi connectivity index (χ0) is 18.1. The fourth-order valence-corrected chi connectivity index (χ4v) is 3.46. The molecular formula is C20H42I2N6. The highest BCUT2D eigenvalue weighted by Gasteiger charge is 2.03. The Labute approximate surface area is 206 Å². The van der Waals surface area contributed by atoms with Gasteiger partial charge in [0.15, 0.2) is 11.9 Å². The van der Waals surface area contributed by atoms with E-state index in [0.29, 0.717) is 0 Å². The molecule has 4 N–H and O–H groups in total. The van der Waals surface area contributed by atoms with E-state index in [9.17, 15) is 0 Å². The van der Waals surface area contributed by atoms with Crippen LogP contribution in [-0.4, -0.2) is 51.2 Å². The van der Waals surface area contributed by atoms with Gasteiger partial charge in [-0.1, -0.05) is 64.2 Å². The Morgan fingerprint density at radius 3 is 1.14 bits per heavy atom. The average Bonchev–Trinajstić information content (AvgIpc) is 3.35. The quantitative estimate of drug-likeness (QED) is 0.165. The molecule has 0 aromatic rings. The number of hydrogen-bond donors (Lipinski definition) is 4. The molecule has 0 fully saturated rings. The van der Waals surface area contributed by atoms with Crippen LogP contribution in [0, 0.1) is 0 Å². The predicted octanol–water partition coefficient (Wildman–Crippen LogP) is 4.00. The summed E-state index contributed by atoms with van der Waals surface area (Å²) in [6, 6.07) is 0. The van der Waals surface area contributed by atoms with E-state index in [1.54, 1.807) is 0 Å². The summed E-state index contributed by atoms with van der Waals surface area (Å²) in [7, 11) is 0. The van der Waals surface area contributed by atoms with E-state index >= 15 is 0 Å². The van der Waals surface area contributed by atoms with Crippen LogP contribution in [0.2, 0.25) is 0 Å². The third kappa shape index (κ3) is 14.9. The SMILES string of the molecule is C(CCCCCCCNC1=NCCN1)CCCCCCNC1=NCCN1.I.I. The molecule has 0 aromatic carbocycles. The number of guanidine groups is 2. The maximum Gasteiger partial charge on any atom is 0.191 e. The Kier molecular flexibility index (Phi) is 20.3. The second-order valence-electron chi connectivity index (χ2n) is 7.41. The molecule has 2 aliphatic heterocycles. The lowest BCUT2D eigenvalue weighted by Crippen LogP contribution is -2.34. The minimum Gasteiger partial charge on any atom is -0.356 e. The summed E-state index contributed by atoms with van der Waals surface area (Å²) in [5.41, 5.74) is 0. The van der Waals surface area contributed by atoms with Gasteiger partial charge in [-0.2, -0.15) is 0 Å². The van der Waals surface area contributed by atoms with E-state index in [-0.39, 0.29) is 48.0 Å². The zero-order valence-corrected chi connectivity index (χ0v) is 22.1. The van der Waals surface area contributed by atoms with Crippen LogP contribution >= 0.6 is 48.0 Å². The maximum atomic E-state index is 4.34. The Morgan fingerprint density at radius 2 is 0.857 bits per heavy atom. The molecule has 28 heavy (non-hydrogen) atoms. The summed E-state index contributed by atoms with van der Waals surface area (Å²) in [5.74, 6) is 2.00. The molecule has 0 unspecified atom stereocenters. The molecule has 166 valence electrons. The number of rotatable bonds is 15. The molecule has 2 aliphatic rings. The third-order valence-electron chi connectivity index (χ3n) is 5.04. The average molecular weight is 620 g/mol. The molecule has 0 saturated heterocycles. The predicted molar refractivity (Wildman–Crippen MR) is 143 cm³/mol. The monoisotopic (exact) mass is 620 g/mol. The van der Waals surface area contributed by atoms with Crippen molar-refractivity contribution in [1.29, 1.82) is 0 Å². The number of hydrogen-bond acceptors (Lipinski definition) is 6. The van der Waals surface area contributed by atoms with E-state index in [2.05, 4.69) is 31.3 Å². The van der Waals surface area contributed by atoms with Gasteiger partial charge >= 0.3 is 0 Å². The maximum absolute atomic E-state index is 4.34. The van der Waals surface area contributed by atoms with Crippen LogP contribution in [0.15, 0.2) is 9.98 Å². The van der Waals surface area contributed by atoms with Crippen molar-refractivity contribution >= 4 is 59.9 Å². The molecular weight excluding hydrogens is 578 g/mol. The minimum atomic E-state index is 0. The summed E-state index contributed by atoms with van der Waals surface area (Å²) in [6.45, 7) is 5.96. The highest BCUT2D eigenvalue weighted by atomic mass is 127. The van der Waals surface area contributed by atoms with Crippen LogP contribution in [0.4, 0.5) is 0 Å². The molecule has 0 aliphatic carbocycles. The van der Waals surface area contributed by atoms with E-state index in [4.69, 9.17) is 0 Å². The van der Waals surface area contributed by atoms with Gasteiger partial charge in [-0.05, 0) is 12.8 Å². The first-order valence-corrected chi connectivity index (χ1v) is 11.0. The lowest BCUT2D eigenvalue weighted by Gasteiger charge is -2.07. The van der Waals surface area contributed by atoms with Crippen molar-refractivity contribution in [2.75, 3.05) is 39.3 Å². The van der Waals surface area contributed by atoms with Gasteiger partial charge in [0.05, 0.1) is 13.1 Å². The Balaban J connectivity index is 0.00000364. The second kappa shape index (κ2) is 20.3. The topological polar surface area (TPSA) is 72.8 Å². The number of halogens is 2. The van der Waals surface area contributed by atoms with Gasteiger partial charge in [-0.3, -0.25) is 9.98 Å². The van der Waals surface area contributed by atoms with E-state index < -0.39 is 0 Å². The van der Waals surface area contributed by atoms with Crippen molar-refractivity contribution in [3.05, 3.63) is 0 Å². The third-order valence-corrected chi connectivity index (χ3v) is 5.04. The molecule has 8 heteroatoms. The first kappa shape index (κ1) is 28.0. The van der Waals surface area contributed by atoms with Crippen molar-refractivity contribution in [2.45, 2.75) is 77.0 Å². The smallest absolute Gasteiger partial charge is 0.191 e. The van der Waals surface area contributed by atoms with Crippen LogP contribution in [0.1, 0.15) is 77.0 Å². The molecule has 0 radical (unpaired) electrons. The molecule has 2 heterocycles. The lowest BCUT2D eigenvalue weighted by atomic mass is 10.1. The number of nitrogens with one attached hydrogen (secondary N) is 4. The normalized spacial score (nSPS) is 14.9. The van der Waals surface area contributed by atoms with Crippen molar-refractivity contribution < 1.29 is 0 Å². The fourth-order valence-electron chi connectivity index (χ4n) is 3.46. The van der Waals surface area contributed by atoms with Crippen molar-refractivity contribution in [3.63, 3.8) is 0 Å². The largest absolute Gasteiger partial charge is 0.356 e. The van der Waals surface area contributed by atoms with Crippen molar-refractivity contribution in [1.82, 2.24) is 21.3 Å². The summed E-state index contributed by atoms with van der Waals surface area (Å²) < 4.78 is 0. The minimum absolute atomic E-state index is 0. The molecule has 0 atom stereocenters. The van der Waals surface area contributed by atoms with E-state index in [0.717, 1.165) is 51.2 Å². The highest BCUT2D eigenvalue weighted by molar-refractivity contribution is 14.0. The van der Waals surface area contributed by atoms with Crippen molar-refractivity contribution in [3.8, 4) is 0 Å². The highest BCUT2D eigenvalue weighted by Crippen LogP contribution is 2.11. The van der Waals surface area contributed by atoms with Gasteiger partial charge in [0, 0.05) is 26.2 Å². The van der Waals surface area contributed by atoms with Crippen molar-refractivity contribution in [2.24, 2.45) is 9.98 Å². The van der Waals surface area contributed by atoms with Crippen LogP contribution < -0.4 is 21.3 Å².